The Morgan fingerprint density at radius 2 is 1.74 bits per heavy atom. The molecule has 162 valence electrons. The fourth-order valence-electron chi connectivity index (χ4n) is 4.21. The van der Waals surface area contributed by atoms with Crippen LogP contribution < -0.4 is 10.1 Å². The Bertz CT molecular complexity index is 1080. The molecule has 0 bridgehead atoms. The molecule has 1 fully saturated rings. The number of carbonyl (C=O) groups is 1. The summed E-state index contributed by atoms with van der Waals surface area (Å²) >= 11 is 6.53. The van der Waals surface area contributed by atoms with Gasteiger partial charge in [0.2, 0.25) is 5.91 Å². The molecule has 0 aliphatic carbocycles. The van der Waals surface area contributed by atoms with Gasteiger partial charge in [0.15, 0.2) is 0 Å². The molecule has 0 aromatic heterocycles. The molecule has 4 rings (SSSR count). The molecule has 31 heavy (non-hydrogen) atoms. The maximum absolute atomic E-state index is 13.7. The summed E-state index contributed by atoms with van der Waals surface area (Å²) in [5.74, 6) is 0.777. The first-order chi connectivity index (χ1) is 15.0. The highest BCUT2D eigenvalue weighted by molar-refractivity contribution is 6.32. The van der Waals surface area contributed by atoms with Crippen LogP contribution in [-0.4, -0.2) is 25.2 Å². The Morgan fingerprint density at radius 3 is 2.45 bits per heavy atom. The topological polar surface area (TPSA) is 47.6 Å². The van der Waals surface area contributed by atoms with Crippen LogP contribution in [0.3, 0.4) is 0 Å². The molecule has 1 aliphatic heterocycles. The molecule has 1 saturated heterocycles. The Labute approximate surface area is 188 Å². The molecule has 0 spiro atoms. The third-order valence-electron chi connectivity index (χ3n) is 6.21. The Balaban J connectivity index is 1.72. The minimum absolute atomic E-state index is 0.0513. The number of ether oxygens (including phenoxy) is 2. The first kappa shape index (κ1) is 21.7. The number of fused-ring (bicyclic) bond motifs is 1. The van der Waals surface area contributed by atoms with Crippen LogP contribution in [0.25, 0.3) is 10.8 Å². The van der Waals surface area contributed by atoms with E-state index in [0.29, 0.717) is 31.1 Å². The average molecular weight is 438 g/mol. The van der Waals surface area contributed by atoms with Gasteiger partial charge in [-0.1, -0.05) is 61.0 Å². The van der Waals surface area contributed by atoms with Crippen molar-refractivity contribution in [3.05, 3.63) is 71.2 Å². The predicted octanol–water partition coefficient (Wildman–Crippen LogP) is 6.36. The van der Waals surface area contributed by atoms with Crippen molar-refractivity contribution in [1.29, 1.82) is 0 Å². The van der Waals surface area contributed by atoms with E-state index in [4.69, 9.17) is 21.1 Å². The average Bonchev–Trinajstić information content (AvgIpc) is 2.81. The highest BCUT2D eigenvalue weighted by atomic mass is 35.5. The summed E-state index contributed by atoms with van der Waals surface area (Å²) in [5, 5.41) is 5.76. The third kappa shape index (κ3) is 4.28. The quantitative estimate of drug-likeness (QED) is 0.488. The van der Waals surface area contributed by atoms with E-state index in [1.807, 2.05) is 60.7 Å². The van der Waals surface area contributed by atoms with Crippen molar-refractivity contribution in [2.75, 3.05) is 18.5 Å². The summed E-state index contributed by atoms with van der Waals surface area (Å²) in [7, 11) is 0. The molecule has 1 unspecified atom stereocenters. The highest BCUT2D eigenvalue weighted by Crippen LogP contribution is 2.41. The lowest BCUT2D eigenvalue weighted by atomic mass is 9.73. The summed E-state index contributed by atoms with van der Waals surface area (Å²) in [6, 6.07) is 19.5. The van der Waals surface area contributed by atoms with Crippen LogP contribution >= 0.6 is 11.6 Å². The van der Waals surface area contributed by atoms with Gasteiger partial charge in [-0.2, -0.15) is 0 Å². The smallest absolute Gasteiger partial charge is 0.235 e. The van der Waals surface area contributed by atoms with Crippen molar-refractivity contribution in [1.82, 2.24) is 0 Å². The molecule has 5 heteroatoms. The second-order valence-corrected chi connectivity index (χ2v) is 8.53. The number of benzene rings is 3. The molecule has 0 radical (unpaired) electrons. The lowest BCUT2D eigenvalue weighted by molar-refractivity contribution is -0.125. The SMILES string of the molecule is CCC(C)Oc1ccc(NC(=O)C2(c3ccccc3Cl)CCOCC2)c2ccccc12. The van der Waals surface area contributed by atoms with Crippen LogP contribution in [0.5, 0.6) is 5.75 Å². The van der Waals surface area contributed by atoms with Crippen LogP contribution in [-0.2, 0) is 14.9 Å². The van der Waals surface area contributed by atoms with E-state index in [9.17, 15) is 4.79 Å². The fraction of sp³-hybridized carbons (Fsp3) is 0.346. The molecule has 3 aromatic carbocycles. The number of nitrogens with one attached hydrogen (secondary N) is 1. The summed E-state index contributed by atoms with van der Waals surface area (Å²) in [6.45, 7) is 5.22. The first-order valence-corrected chi connectivity index (χ1v) is 11.3. The van der Waals surface area contributed by atoms with Crippen molar-refractivity contribution >= 4 is 34.0 Å². The second kappa shape index (κ2) is 9.29. The number of hydrogen-bond acceptors (Lipinski definition) is 3. The first-order valence-electron chi connectivity index (χ1n) is 10.9. The monoisotopic (exact) mass is 437 g/mol. The van der Waals surface area contributed by atoms with E-state index in [1.54, 1.807) is 0 Å². The Morgan fingerprint density at radius 1 is 1.06 bits per heavy atom. The van der Waals surface area contributed by atoms with Crippen LogP contribution in [0.1, 0.15) is 38.7 Å². The number of halogens is 1. The molecular weight excluding hydrogens is 410 g/mol. The Hall–Kier alpha value is -2.56. The van der Waals surface area contributed by atoms with E-state index < -0.39 is 5.41 Å². The summed E-state index contributed by atoms with van der Waals surface area (Å²) < 4.78 is 11.7. The largest absolute Gasteiger partial charge is 0.490 e. The molecule has 3 aromatic rings. The van der Waals surface area contributed by atoms with Gasteiger partial charge in [0.1, 0.15) is 5.75 Å². The molecule has 4 nitrogen and oxygen atoms in total. The van der Waals surface area contributed by atoms with E-state index in [0.717, 1.165) is 34.2 Å². The van der Waals surface area contributed by atoms with Crippen molar-refractivity contribution in [3.8, 4) is 5.75 Å². The molecule has 0 saturated carbocycles. The van der Waals surface area contributed by atoms with Crippen molar-refractivity contribution in [2.24, 2.45) is 0 Å². The van der Waals surface area contributed by atoms with Gasteiger partial charge >= 0.3 is 0 Å². The number of amides is 1. The number of anilines is 1. The zero-order valence-electron chi connectivity index (χ0n) is 18.0. The van der Waals surface area contributed by atoms with Crippen LogP contribution in [0.2, 0.25) is 5.02 Å². The fourth-order valence-corrected chi connectivity index (χ4v) is 4.53. The van der Waals surface area contributed by atoms with Gasteiger partial charge < -0.3 is 14.8 Å². The Kier molecular flexibility index (Phi) is 6.49. The zero-order chi connectivity index (χ0) is 21.8. The van der Waals surface area contributed by atoms with Crippen LogP contribution in [0.4, 0.5) is 5.69 Å². The van der Waals surface area contributed by atoms with Crippen molar-refractivity contribution in [3.63, 3.8) is 0 Å². The predicted molar refractivity (Wildman–Crippen MR) is 126 cm³/mol. The molecule has 1 heterocycles. The summed E-state index contributed by atoms with van der Waals surface area (Å²) in [5.41, 5.74) is 0.914. The zero-order valence-corrected chi connectivity index (χ0v) is 18.7. The maximum atomic E-state index is 13.7. The van der Waals surface area contributed by atoms with E-state index >= 15 is 0 Å². The minimum atomic E-state index is -0.719. The van der Waals surface area contributed by atoms with E-state index in [2.05, 4.69) is 19.2 Å². The molecule has 1 N–H and O–H groups in total. The second-order valence-electron chi connectivity index (χ2n) is 8.12. The van der Waals surface area contributed by atoms with Crippen molar-refractivity contribution in [2.45, 2.75) is 44.6 Å². The summed E-state index contributed by atoms with van der Waals surface area (Å²) in [4.78, 5) is 13.7. The number of hydrogen-bond donors (Lipinski definition) is 1. The standard InChI is InChI=1S/C26H28ClNO3/c1-3-18(2)31-24-13-12-23(19-8-4-5-9-20(19)24)28-25(29)26(14-16-30-17-15-26)21-10-6-7-11-22(21)27/h4-13,18H,3,14-17H2,1-2H3,(H,28,29). The lowest BCUT2D eigenvalue weighted by Gasteiger charge is -2.37. The van der Waals surface area contributed by atoms with Crippen molar-refractivity contribution < 1.29 is 14.3 Å². The number of carbonyl (C=O) groups excluding carboxylic acids is 1. The van der Waals surface area contributed by atoms with Crippen LogP contribution in [0.15, 0.2) is 60.7 Å². The lowest BCUT2D eigenvalue weighted by Crippen LogP contribution is -2.45. The maximum Gasteiger partial charge on any atom is 0.235 e. The number of rotatable bonds is 6. The third-order valence-corrected chi connectivity index (χ3v) is 6.54. The van der Waals surface area contributed by atoms with Gasteiger partial charge in [-0.25, -0.2) is 0 Å². The molecule has 1 atom stereocenters. The van der Waals surface area contributed by atoms with Gasteiger partial charge in [0, 0.05) is 34.7 Å². The molecule has 1 amide bonds. The summed E-state index contributed by atoms with van der Waals surface area (Å²) in [6.07, 6.45) is 2.23. The van der Waals surface area contributed by atoms with Gasteiger partial charge in [-0.3, -0.25) is 4.79 Å². The van der Waals surface area contributed by atoms with Gasteiger partial charge in [-0.15, -0.1) is 0 Å². The van der Waals surface area contributed by atoms with Crippen LogP contribution in [0, 0.1) is 0 Å². The molecule has 1 aliphatic rings. The van der Waals surface area contributed by atoms with E-state index in [1.165, 1.54) is 0 Å². The van der Waals surface area contributed by atoms with Gasteiger partial charge in [0.05, 0.1) is 11.5 Å². The van der Waals surface area contributed by atoms with E-state index in [-0.39, 0.29) is 12.0 Å². The van der Waals surface area contributed by atoms with Gasteiger partial charge in [0.25, 0.3) is 0 Å². The normalized spacial score (nSPS) is 16.6. The molecular formula is C26H28ClNO3. The minimum Gasteiger partial charge on any atom is -0.490 e. The highest BCUT2D eigenvalue weighted by Gasteiger charge is 2.43. The van der Waals surface area contributed by atoms with Gasteiger partial charge in [-0.05, 0) is 49.9 Å².